The van der Waals surface area contributed by atoms with Gasteiger partial charge in [-0.15, -0.1) is 0 Å². The zero-order valence-corrected chi connectivity index (χ0v) is 12.3. The summed E-state index contributed by atoms with van der Waals surface area (Å²) in [5, 5.41) is 11.9. The average Bonchev–Trinajstić information content (AvgIpc) is 2.36. The van der Waals surface area contributed by atoms with Crippen molar-refractivity contribution in [2.45, 2.75) is 39.7 Å². The summed E-state index contributed by atoms with van der Waals surface area (Å²) in [6.07, 6.45) is 0.795. The minimum Gasteiger partial charge on any atom is -0.483 e. The minimum absolute atomic E-state index is 0.0625. The summed E-state index contributed by atoms with van der Waals surface area (Å²) >= 11 is 0. The van der Waals surface area contributed by atoms with Gasteiger partial charge in [0.15, 0.2) is 6.61 Å². The summed E-state index contributed by atoms with van der Waals surface area (Å²) < 4.78 is 5.39. The van der Waals surface area contributed by atoms with Crippen LogP contribution in [-0.4, -0.2) is 29.1 Å². The van der Waals surface area contributed by atoms with E-state index < -0.39 is 5.97 Å². The fourth-order valence-electron chi connectivity index (χ4n) is 1.65. The molecule has 2 N–H and O–H groups in total. The molecule has 110 valence electrons. The number of benzene rings is 1. The SMILES string of the molecule is CCC(C)(C)NC(=O)COc1c(C)cccc1C(=O)O. The Bertz CT molecular complexity index is 509. The van der Waals surface area contributed by atoms with Crippen molar-refractivity contribution in [3.8, 4) is 5.75 Å². The molecule has 0 fully saturated rings. The molecule has 0 aliphatic carbocycles. The van der Waals surface area contributed by atoms with Gasteiger partial charge in [0.05, 0.1) is 0 Å². The number of para-hydroxylation sites is 1. The lowest BCUT2D eigenvalue weighted by Crippen LogP contribution is -2.45. The minimum atomic E-state index is -1.07. The number of carboxylic acid groups (broad SMARTS) is 1. The van der Waals surface area contributed by atoms with Gasteiger partial charge in [-0.1, -0.05) is 19.1 Å². The lowest BCUT2D eigenvalue weighted by atomic mass is 10.0. The molecule has 1 aromatic carbocycles. The summed E-state index contributed by atoms with van der Waals surface area (Å²) in [5.74, 6) is -1.10. The van der Waals surface area contributed by atoms with Gasteiger partial charge in [0.2, 0.25) is 0 Å². The van der Waals surface area contributed by atoms with Gasteiger partial charge in [0.25, 0.3) is 5.91 Å². The second kappa shape index (κ2) is 6.41. The Kier molecular flexibility index (Phi) is 5.13. The predicted octanol–water partition coefficient (Wildman–Crippen LogP) is 2.38. The van der Waals surface area contributed by atoms with E-state index in [0.717, 1.165) is 6.42 Å². The topological polar surface area (TPSA) is 75.6 Å². The van der Waals surface area contributed by atoms with Gasteiger partial charge in [0, 0.05) is 5.54 Å². The van der Waals surface area contributed by atoms with E-state index in [1.165, 1.54) is 6.07 Å². The number of hydrogen-bond donors (Lipinski definition) is 2. The number of amides is 1. The predicted molar refractivity (Wildman–Crippen MR) is 76.1 cm³/mol. The van der Waals surface area contributed by atoms with Crippen LogP contribution < -0.4 is 10.1 Å². The molecule has 0 unspecified atom stereocenters. The maximum absolute atomic E-state index is 11.8. The van der Waals surface area contributed by atoms with Crippen LogP contribution in [0.1, 0.15) is 43.1 Å². The van der Waals surface area contributed by atoms with Crippen LogP contribution in [0.4, 0.5) is 0 Å². The largest absolute Gasteiger partial charge is 0.483 e. The van der Waals surface area contributed by atoms with Gasteiger partial charge in [-0.3, -0.25) is 4.79 Å². The molecule has 0 aliphatic rings. The van der Waals surface area contributed by atoms with E-state index in [-0.39, 0.29) is 29.4 Å². The molecule has 1 amide bonds. The lowest BCUT2D eigenvalue weighted by molar-refractivity contribution is -0.124. The lowest BCUT2D eigenvalue weighted by Gasteiger charge is -2.24. The summed E-state index contributed by atoms with van der Waals surface area (Å²) in [6, 6.07) is 4.85. The maximum atomic E-state index is 11.8. The van der Waals surface area contributed by atoms with Gasteiger partial charge in [-0.05, 0) is 38.8 Å². The highest BCUT2D eigenvalue weighted by Crippen LogP contribution is 2.23. The monoisotopic (exact) mass is 279 g/mol. The third-order valence-electron chi connectivity index (χ3n) is 3.15. The number of ether oxygens (including phenoxy) is 1. The molecule has 0 heterocycles. The van der Waals surface area contributed by atoms with Crippen molar-refractivity contribution in [1.82, 2.24) is 5.32 Å². The average molecular weight is 279 g/mol. The van der Waals surface area contributed by atoms with Crippen molar-refractivity contribution < 1.29 is 19.4 Å². The highest BCUT2D eigenvalue weighted by molar-refractivity contribution is 5.91. The molecule has 0 saturated heterocycles. The third kappa shape index (κ3) is 4.26. The number of aromatic carboxylic acids is 1. The van der Waals surface area contributed by atoms with Crippen molar-refractivity contribution in [1.29, 1.82) is 0 Å². The number of aryl methyl sites for hydroxylation is 1. The third-order valence-corrected chi connectivity index (χ3v) is 3.15. The number of rotatable bonds is 6. The van der Waals surface area contributed by atoms with E-state index >= 15 is 0 Å². The van der Waals surface area contributed by atoms with Crippen LogP contribution in [-0.2, 0) is 4.79 Å². The number of nitrogens with one attached hydrogen (secondary N) is 1. The zero-order valence-electron chi connectivity index (χ0n) is 12.3. The molecule has 5 nitrogen and oxygen atoms in total. The number of carbonyl (C=O) groups excluding carboxylic acids is 1. The molecule has 0 bridgehead atoms. The Morgan fingerprint density at radius 1 is 1.35 bits per heavy atom. The first kappa shape index (κ1) is 16.0. The quantitative estimate of drug-likeness (QED) is 0.838. The van der Waals surface area contributed by atoms with Gasteiger partial charge < -0.3 is 15.2 Å². The first-order valence-corrected chi connectivity index (χ1v) is 6.53. The molecular weight excluding hydrogens is 258 g/mol. The first-order valence-electron chi connectivity index (χ1n) is 6.53. The highest BCUT2D eigenvalue weighted by atomic mass is 16.5. The molecule has 0 aliphatic heterocycles. The molecule has 0 spiro atoms. The molecule has 5 heteroatoms. The van der Waals surface area contributed by atoms with Crippen LogP contribution in [0.25, 0.3) is 0 Å². The van der Waals surface area contributed by atoms with E-state index in [2.05, 4.69) is 5.32 Å². The number of carboxylic acids is 1. The fourth-order valence-corrected chi connectivity index (χ4v) is 1.65. The van der Waals surface area contributed by atoms with Crippen molar-refractivity contribution in [3.63, 3.8) is 0 Å². The Labute approximate surface area is 118 Å². The van der Waals surface area contributed by atoms with E-state index in [1.54, 1.807) is 19.1 Å². The standard InChI is InChI=1S/C15H21NO4/c1-5-15(3,4)16-12(17)9-20-13-10(2)7-6-8-11(13)14(18)19/h6-8H,5,9H2,1-4H3,(H,16,17)(H,18,19). The van der Waals surface area contributed by atoms with E-state index in [9.17, 15) is 9.59 Å². The second-order valence-electron chi connectivity index (χ2n) is 5.33. The van der Waals surface area contributed by atoms with Crippen LogP contribution in [0.2, 0.25) is 0 Å². The van der Waals surface area contributed by atoms with Crippen molar-refractivity contribution in [2.75, 3.05) is 6.61 Å². The summed E-state index contributed by atoms with van der Waals surface area (Å²) in [5.41, 5.74) is 0.446. The molecular formula is C15H21NO4. The smallest absolute Gasteiger partial charge is 0.339 e. The molecule has 0 atom stereocenters. The summed E-state index contributed by atoms with van der Waals surface area (Å²) in [4.78, 5) is 22.9. The Morgan fingerprint density at radius 3 is 2.55 bits per heavy atom. The highest BCUT2D eigenvalue weighted by Gasteiger charge is 2.19. The first-order chi connectivity index (χ1) is 9.26. The van der Waals surface area contributed by atoms with Gasteiger partial charge in [-0.25, -0.2) is 4.79 Å². The maximum Gasteiger partial charge on any atom is 0.339 e. The Balaban J connectivity index is 2.76. The normalized spacial score (nSPS) is 11.0. The van der Waals surface area contributed by atoms with E-state index in [1.807, 2.05) is 20.8 Å². The van der Waals surface area contributed by atoms with Crippen LogP contribution >= 0.6 is 0 Å². The Morgan fingerprint density at radius 2 is 2.00 bits per heavy atom. The zero-order chi connectivity index (χ0) is 15.3. The van der Waals surface area contributed by atoms with Gasteiger partial charge in [0.1, 0.15) is 11.3 Å². The summed E-state index contributed by atoms with van der Waals surface area (Å²) in [7, 11) is 0. The molecule has 1 aromatic rings. The Hall–Kier alpha value is -2.04. The molecule has 20 heavy (non-hydrogen) atoms. The number of carbonyl (C=O) groups is 2. The molecule has 0 saturated carbocycles. The number of hydrogen-bond acceptors (Lipinski definition) is 3. The van der Waals surface area contributed by atoms with Crippen molar-refractivity contribution in [3.05, 3.63) is 29.3 Å². The van der Waals surface area contributed by atoms with E-state index in [4.69, 9.17) is 9.84 Å². The summed E-state index contributed by atoms with van der Waals surface area (Å²) in [6.45, 7) is 7.36. The van der Waals surface area contributed by atoms with Crippen LogP contribution in [0.3, 0.4) is 0 Å². The van der Waals surface area contributed by atoms with Crippen molar-refractivity contribution in [2.24, 2.45) is 0 Å². The molecule has 1 rings (SSSR count). The van der Waals surface area contributed by atoms with Crippen LogP contribution in [0.5, 0.6) is 5.75 Å². The fraction of sp³-hybridized carbons (Fsp3) is 0.467. The van der Waals surface area contributed by atoms with Crippen molar-refractivity contribution >= 4 is 11.9 Å². The molecule has 0 radical (unpaired) electrons. The molecule has 0 aromatic heterocycles. The van der Waals surface area contributed by atoms with E-state index in [0.29, 0.717) is 5.56 Å². The van der Waals surface area contributed by atoms with Gasteiger partial charge in [-0.2, -0.15) is 0 Å². The van der Waals surface area contributed by atoms with Crippen LogP contribution in [0.15, 0.2) is 18.2 Å². The van der Waals surface area contributed by atoms with Gasteiger partial charge >= 0.3 is 5.97 Å². The van der Waals surface area contributed by atoms with Crippen LogP contribution in [0, 0.1) is 6.92 Å². The second-order valence-corrected chi connectivity index (χ2v) is 5.33.